The molecular formula is C13H28N2O6. The van der Waals surface area contributed by atoms with Crippen molar-refractivity contribution in [2.45, 2.75) is 54.0 Å². The topological polar surface area (TPSA) is 133 Å². The second-order valence-electron chi connectivity index (χ2n) is 4.78. The molecule has 0 radical (unpaired) electrons. The molecule has 126 valence electrons. The Morgan fingerprint density at radius 1 is 0.762 bits per heavy atom. The Bertz CT molecular complexity index is 301. The number of aliphatic carboxylic acids is 2. The van der Waals surface area contributed by atoms with E-state index in [0.717, 1.165) is 13.8 Å². The highest BCUT2D eigenvalue weighted by Crippen LogP contribution is 1.96. The highest BCUT2D eigenvalue weighted by Gasteiger charge is 2.08. The lowest BCUT2D eigenvalue weighted by Crippen LogP contribution is -2.38. The maximum atomic E-state index is 10.3. The van der Waals surface area contributed by atoms with Crippen molar-refractivity contribution in [1.82, 2.24) is 10.6 Å². The van der Waals surface area contributed by atoms with Gasteiger partial charge in [-0.25, -0.2) is 0 Å². The summed E-state index contributed by atoms with van der Waals surface area (Å²) in [6.07, 6.45) is 0. The number of amides is 2. The number of carboxylic acid groups (broad SMARTS) is 2. The van der Waals surface area contributed by atoms with E-state index in [2.05, 4.69) is 10.6 Å². The molecule has 21 heavy (non-hydrogen) atoms. The molecule has 0 rings (SSSR count). The van der Waals surface area contributed by atoms with E-state index in [1.165, 1.54) is 13.8 Å². The molecule has 2 amide bonds. The van der Waals surface area contributed by atoms with Crippen LogP contribution in [0.5, 0.6) is 0 Å². The van der Waals surface area contributed by atoms with Gasteiger partial charge in [-0.15, -0.1) is 0 Å². The van der Waals surface area contributed by atoms with Gasteiger partial charge in [0.25, 0.3) is 11.9 Å². The molecule has 0 unspecified atom stereocenters. The predicted molar refractivity (Wildman–Crippen MR) is 79.9 cm³/mol. The zero-order valence-corrected chi connectivity index (χ0v) is 14.0. The zero-order valence-electron chi connectivity index (χ0n) is 14.0. The monoisotopic (exact) mass is 308 g/mol. The Morgan fingerprint density at radius 2 is 0.952 bits per heavy atom. The third-order valence-corrected chi connectivity index (χ3v) is 0.903. The normalized spacial score (nSPS) is 8.19. The SMILES string of the molecule is CC(=O)NC(C)(C)C.CC(=O)O.CC(=O)O.CNC(C)=O. The fraction of sp³-hybridized carbons (Fsp3) is 0.692. The number of carboxylic acids is 2. The van der Waals surface area contributed by atoms with E-state index in [-0.39, 0.29) is 17.4 Å². The molecule has 0 aliphatic carbocycles. The molecule has 0 heterocycles. The predicted octanol–water partition coefficient (Wildman–Crippen LogP) is 0.855. The third-order valence-electron chi connectivity index (χ3n) is 0.903. The van der Waals surface area contributed by atoms with Crippen molar-refractivity contribution in [2.24, 2.45) is 0 Å². The van der Waals surface area contributed by atoms with Crippen LogP contribution in [0.3, 0.4) is 0 Å². The quantitative estimate of drug-likeness (QED) is 0.524. The molecule has 0 aliphatic heterocycles. The van der Waals surface area contributed by atoms with Crippen LogP contribution in [0.25, 0.3) is 0 Å². The maximum Gasteiger partial charge on any atom is 0.300 e. The van der Waals surface area contributed by atoms with Crippen LogP contribution in [0.4, 0.5) is 0 Å². The van der Waals surface area contributed by atoms with Crippen LogP contribution in [0.1, 0.15) is 48.5 Å². The number of carbonyl (C=O) groups excluding carboxylic acids is 2. The largest absolute Gasteiger partial charge is 0.481 e. The van der Waals surface area contributed by atoms with E-state index in [1.54, 1.807) is 7.05 Å². The van der Waals surface area contributed by atoms with Crippen molar-refractivity contribution in [1.29, 1.82) is 0 Å². The summed E-state index contributed by atoms with van der Waals surface area (Å²) in [5.74, 6) is -1.64. The van der Waals surface area contributed by atoms with Gasteiger partial charge in [0.1, 0.15) is 0 Å². The Balaban J connectivity index is -0.0000000970. The molecular weight excluding hydrogens is 280 g/mol. The zero-order chi connectivity index (χ0) is 18.2. The highest BCUT2D eigenvalue weighted by molar-refractivity contribution is 5.73. The number of carbonyl (C=O) groups is 4. The Kier molecular flexibility index (Phi) is 20.7. The van der Waals surface area contributed by atoms with Crippen LogP contribution >= 0.6 is 0 Å². The van der Waals surface area contributed by atoms with Gasteiger partial charge in [0.05, 0.1) is 0 Å². The first-order valence-corrected chi connectivity index (χ1v) is 6.01. The first-order valence-electron chi connectivity index (χ1n) is 6.01. The van der Waals surface area contributed by atoms with Crippen molar-refractivity contribution in [3.8, 4) is 0 Å². The molecule has 0 atom stereocenters. The van der Waals surface area contributed by atoms with Crippen molar-refractivity contribution >= 4 is 23.8 Å². The van der Waals surface area contributed by atoms with Gasteiger partial charge < -0.3 is 20.8 Å². The molecule has 8 nitrogen and oxygen atoms in total. The van der Waals surface area contributed by atoms with Crippen molar-refractivity contribution in [3.05, 3.63) is 0 Å². The summed E-state index contributed by atoms with van der Waals surface area (Å²) in [6.45, 7) is 11.0. The molecule has 0 saturated carbocycles. The van der Waals surface area contributed by atoms with E-state index >= 15 is 0 Å². The van der Waals surface area contributed by atoms with Gasteiger partial charge in [0.15, 0.2) is 0 Å². The number of hydrogen-bond acceptors (Lipinski definition) is 4. The van der Waals surface area contributed by atoms with Crippen molar-refractivity contribution in [3.63, 3.8) is 0 Å². The van der Waals surface area contributed by atoms with Crippen LogP contribution in [-0.4, -0.2) is 46.6 Å². The van der Waals surface area contributed by atoms with Gasteiger partial charge in [-0.1, -0.05) is 0 Å². The van der Waals surface area contributed by atoms with Crippen molar-refractivity contribution < 1.29 is 29.4 Å². The van der Waals surface area contributed by atoms with Crippen LogP contribution in [0.2, 0.25) is 0 Å². The smallest absolute Gasteiger partial charge is 0.300 e. The first kappa shape index (κ1) is 27.3. The van der Waals surface area contributed by atoms with E-state index in [9.17, 15) is 9.59 Å². The second kappa shape index (κ2) is 15.9. The summed E-state index contributed by atoms with van der Waals surface area (Å²) in [6, 6.07) is 0. The van der Waals surface area contributed by atoms with Crippen LogP contribution in [0, 0.1) is 0 Å². The van der Waals surface area contributed by atoms with Gasteiger partial charge in [0, 0.05) is 40.3 Å². The maximum absolute atomic E-state index is 10.3. The van der Waals surface area contributed by atoms with E-state index in [0.29, 0.717) is 0 Å². The summed E-state index contributed by atoms with van der Waals surface area (Å²) in [4.78, 5) is 38.0. The second-order valence-corrected chi connectivity index (χ2v) is 4.78. The first-order chi connectivity index (χ1) is 9.15. The highest BCUT2D eigenvalue weighted by atomic mass is 16.4. The lowest BCUT2D eigenvalue weighted by Gasteiger charge is -2.18. The average molecular weight is 308 g/mol. The average Bonchev–Trinajstić information content (AvgIpc) is 2.12. The van der Waals surface area contributed by atoms with Crippen LogP contribution < -0.4 is 10.6 Å². The molecule has 0 spiro atoms. The fourth-order valence-electron chi connectivity index (χ4n) is 0.528. The Hall–Kier alpha value is -2.12. The molecule has 0 aromatic rings. The molecule has 8 heteroatoms. The van der Waals surface area contributed by atoms with Crippen LogP contribution in [0.15, 0.2) is 0 Å². The van der Waals surface area contributed by atoms with Gasteiger partial charge >= 0.3 is 0 Å². The van der Waals surface area contributed by atoms with E-state index < -0.39 is 11.9 Å². The van der Waals surface area contributed by atoms with Gasteiger partial charge in [-0.05, 0) is 20.8 Å². The fourth-order valence-corrected chi connectivity index (χ4v) is 0.528. The molecule has 0 bridgehead atoms. The lowest BCUT2D eigenvalue weighted by atomic mass is 10.1. The van der Waals surface area contributed by atoms with Gasteiger partial charge in [0.2, 0.25) is 11.8 Å². The molecule has 0 saturated heterocycles. The lowest BCUT2D eigenvalue weighted by molar-refractivity contribution is -0.135. The summed E-state index contributed by atoms with van der Waals surface area (Å²) in [5.41, 5.74) is -0.0775. The Morgan fingerprint density at radius 3 is 0.952 bits per heavy atom. The Labute approximate surface area is 125 Å². The minimum atomic E-state index is -0.833. The summed E-state index contributed by atoms with van der Waals surface area (Å²) < 4.78 is 0. The summed E-state index contributed by atoms with van der Waals surface area (Å²) >= 11 is 0. The summed E-state index contributed by atoms with van der Waals surface area (Å²) in [7, 11) is 1.60. The number of rotatable bonds is 0. The standard InChI is InChI=1S/C6H13NO.C3H7NO.2C2H4O2/c1-5(8)7-6(2,3)4;1-3(5)4-2;2*1-2(3)4/h1-4H3,(H,7,8);1-2H3,(H,4,5);2*1H3,(H,3,4). The third kappa shape index (κ3) is 189. The van der Waals surface area contributed by atoms with Gasteiger partial charge in [-0.3, -0.25) is 19.2 Å². The van der Waals surface area contributed by atoms with Crippen LogP contribution in [-0.2, 0) is 19.2 Å². The number of hydrogen-bond donors (Lipinski definition) is 4. The molecule has 0 aromatic heterocycles. The van der Waals surface area contributed by atoms with Crippen molar-refractivity contribution in [2.75, 3.05) is 7.05 Å². The molecule has 0 fully saturated rings. The molecule has 4 N–H and O–H groups in total. The van der Waals surface area contributed by atoms with E-state index in [1.807, 2.05) is 20.8 Å². The minimum absolute atomic E-state index is 0.00463. The summed E-state index contributed by atoms with van der Waals surface area (Å²) in [5, 5.41) is 20.0. The van der Waals surface area contributed by atoms with E-state index in [4.69, 9.17) is 19.8 Å². The molecule has 0 aliphatic rings. The van der Waals surface area contributed by atoms with Gasteiger partial charge in [-0.2, -0.15) is 0 Å². The minimum Gasteiger partial charge on any atom is -0.481 e. The number of nitrogens with one attached hydrogen (secondary N) is 2. The molecule has 0 aromatic carbocycles.